The van der Waals surface area contributed by atoms with Crippen LogP contribution in [-0.2, 0) is 16.7 Å². The first-order chi connectivity index (χ1) is 16.9. The summed E-state index contributed by atoms with van der Waals surface area (Å²) in [5.74, 6) is 1.49. The second-order valence-corrected chi connectivity index (χ2v) is 9.52. The molecule has 0 unspecified atom stereocenters. The highest BCUT2D eigenvalue weighted by Crippen LogP contribution is 2.25. The van der Waals surface area contributed by atoms with Crippen molar-refractivity contribution in [1.82, 2.24) is 4.57 Å². The largest absolute Gasteiger partial charge is 0.522 e. The van der Waals surface area contributed by atoms with Gasteiger partial charge in [0.1, 0.15) is 11.5 Å². The van der Waals surface area contributed by atoms with Gasteiger partial charge in [0.25, 0.3) is 0 Å². The molecule has 1 aromatic heterocycles. The van der Waals surface area contributed by atoms with Gasteiger partial charge >= 0.3 is 15.6 Å². The van der Waals surface area contributed by atoms with Crippen molar-refractivity contribution in [2.75, 3.05) is 0 Å². The minimum absolute atomic E-state index is 0.683. The molecule has 4 rings (SSSR count). The molecule has 0 aliphatic rings. The normalized spacial score (nSPS) is 12.2. The van der Waals surface area contributed by atoms with Crippen LogP contribution in [-0.4, -0.2) is 23.0 Å². The standard InChI is InChI=1S/C23H18Cl2N2O.CHF3O3S/c1-2-27-14-13-22(21-12-5-17(25)15-23(21)27)26-18-6-10-20(11-7-18)28-19-8-3-16(24)4-9-19;2-1(3,4)8(5,6)7/h3-15H,2H2,1H3;(H,5,6,7). The Kier molecular flexibility index (Phi) is 8.67. The first kappa shape index (κ1) is 27.5. The van der Waals surface area contributed by atoms with Crippen LogP contribution in [0.1, 0.15) is 6.92 Å². The van der Waals surface area contributed by atoms with E-state index in [9.17, 15) is 13.2 Å². The summed E-state index contributed by atoms with van der Waals surface area (Å²) in [6.45, 7) is 2.98. The molecule has 4 aromatic rings. The SMILES string of the molecule is CCn1ccc(=Nc2ccc(Oc3ccc(Cl)cc3)cc2)c2ccc(Cl)cc21.O=S(=O)(O)C(F)(F)F. The summed E-state index contributed by atoms with van der Waals surface area (Å²) in [7, 11) is -5.84. The van der Waals surface area contributed by atoms with Crippen molar-refractivity contribution >= 4 is 49.9 Å². The third kappa shape index (κ3) is 7.23. The molecule has 190 valence electrons. The van der Waals surface area contributed by atoms with Gasteiger partial charge in [-0.2, -0.15) is 21.6 Å². The summed E-state index contributed by atoms with van der Waals surface area (Å²) < 4.78 is 65.5. The van der Waals surface area contributed by atoms with Crippen molar-refractivity contribution in [2.45, 2.75) is 19.0 Å². The summed E-state index contributed by atoms with van der Waals surface area (Å²) in [6, 6.07) is 22.9. The average Bonchev–Trinajstić information content (AvgIpc) is 2.81. The highest BCUT2D eigenvalue weighted by molar-refractivity contribution is 7.86. The van der Waals surface area contributed by atoms with E-state index in [0.717, 1.165) is 45.0 Å². The zero-order chi connectivity index (χ0) is 26.5. The van der Waals surface area contributed by atoms with Crippen LogP contribution >= 0.6 is 23.2 Å². The predicted octanol–water partition coefficient (Wildman–Crippen LogP) is 7.39. The number of nitrogens with zero attached hydrogens (tertiary/aromatic N) is 2. The number of hydrogen-bond donors (Lipinski definition) is 1. The van der Waals surface area contributed by atoms with Crippen molar-refractivity contribution in [3.8, 4) is 11.5 Å². The zero-order valence-corrected chi connectivity index (χ0v) is 20.9. The number of benzene rings is 3. The van der Waals surface area contributed by atoms with Crippen LogP contribution < -0.4 is 10.1 Å². The van der Waals surface area contributed by atoms with Gasteiger partial charge < -0.3 is 9.30 Å². The molecular formula is C24H19Cl2F3N2O4S. The van der Waals surface area contributed by atoms with E-state index in [4.69, 9.17) is 45.9 Å². The summed E-state index contributed by atoms with van der Waals surface area (Å²) in [6.07, 6.45) is 2.04. The zero-order valence-electron chi connectivity index (χ0n) is 18.6. The lowest BCUT2D eigenvalue weighted by Crippen LogP contribution is -2.21. The van der Waals surface area contributed by atoms with Gasteiger partial charge in [0, 0.05) is 28.2 Å². The Bertz CT molecular complexity index is 1520. The number of ether oxygens (including phenoxy) is 1. The molecule has 0 fully saturated rings. The molecule has 3 aromatic carbocycles. The summed E-state index contributed by atoms with van der Waals surface area (Å²) in [5.41, 5.74) is -3.61. The van der Waals surface area contributed by atoms with Gasteiger partial charge in [-0.3, -0.25) is 4.55 Å². The second kappa shape index (κ2) is 11.3. The molecule has 1 N–H and O–H groups in total. The maximum Gasteiger partial charge on any atom is 0.522 e. The van der Waals surface area contributed by atoms with Crippen molar-refractivity contribution in [1.29, 1.82) is 0 Å². The number of alkyl halides is 3. The maximum atomic E-state index is 10.7. The van der Waals surface area contributed by atoms with Crippen molar-refractivity contribution in [2.24, 2.45) is 4.99 Å². The Balaban J connectivity index is 0.000000392. The van der Waals surface area contributed by atoms with Gasteiger partial charge in [0.2, 0.25) is 0 Å². The molecule has 0 spiro atoms. The number of rotatable bonds is 4. The Labute approximate surface area is 214 Å². The van der Waals surface area contributed by atoms with Crippen LogP contribution in [0.15, 0.2) is 84.0 Å². The minimum Gasteiger partial charge on any atom is -0.457 e. The summed E-state index contributed by atoms with van der Waals surface area (Å²) in [5, 5.41) is 3.37. The number of aromatic nitrogens is 1. The number of aryl methyl sites for hydroxylation is 1. The Morgan fingerprint density at radius 1 is 0.917 bits per heavy atom. The molecule has 0 radical (unpaired) electrons. The molecule has 0 bridgehead atoms. The van der Waals surface area contributed by atoms with E-state index in [1.165, 1.54) is 0 Å². The lowest BCUT2D eigenvalue weighted by atomic mass is 10.2. The lowest BCUT2D eigenvalue weighted by molar-refractivity contribution is -0.0510. The second-order valence-electron chi connectivity index (χ2n) is 7.23. The highest BCUT2D eigenvalue weighted by Gasteiger charge is 2.44. The van der Waals surface area contributed by atoms with Crippen LogP contribution in [0.25, 0.3) is 10.9 Å². The van der Waals surface area contributed by atoms with Gasteiger partial charge in [0.05, 0.1) is 16.6 Å². The van der Waals surface area contributed by atoms with Gasteiger partial charge in [0.15, 0.2) is 0 Å². The smallest absolute Gasteiger partial charge is 0.457 e. The maximum absolute atomic E-state index is 10.7. The van der Waals surface area contributed by atoms with Gasteiger partial charge in [-0.25, -0.2) is 4.99 Å². The van der Waals surface area contributed by atoms with E-state index in [0.29, 0.717) is 5.02 Å². The number of halogens is 5. The van der Waals surface area contributed by atoms with E-state index < -0.39 is 15.6 Å². The summed E-state index contributed by atoms with van der Waals surface area (Å²) in [4.78, 5) is 4.80. The van der Waals surface area contributed by atoms with Gasteiger partial charge in [-0.1, -0.05) is 23.2 Å². The first-order valence-corrected chi connectivity index (χ1v) is 12.5. The van der Waals surface area contributed by atoms with Gasteiger partial charge in [-0.15, -0.1) is 0 Å². The lowest BCUT2D eigenvalue weighted by Gasteiger charge is -2.09. The molecule has 36 heavy (non-hydrogen) atoms. The Morgan fingerprint density at radius 2 is 1.44 bits per heavy atom. The third-order valence-electron chi connectivity index (χ3n) is 4.73. The van der Waals surface area contributed by atoms with E-state index in [-0.39, 0.29) is 0 Å². The first-order valence-electron chi connectivity index (χ1n) is 10.3. The van der Waals surface area contributed by atoms with Crippen LogP contribution in [0.3, 0.4) is 0 Å². The minimum atomic E-state index is -5.84. The van der Waals surface area contributed by atoms with Crippen molar-refractivity contribution in [3.63, 3.8) is 0 Å². The van der Waals surface area contributed by atoms with Crippen LogP contribution in [0, 0.1) is 0 Å². The molecule has 0 saturated carbocycles. The highest BCUT2D eigenvalue weighted by atomic mass is 35.5. The Hall–Kier alpha value is -3.05. The molecule has 1 heterocycles. The van der Waals surface area contributed by atoms with E-state index in [2.05, 4.69) is 11.5 Å². The van der Waals surface area contributed by atoms with Crippen molar-refractivity contribution < 1.29 is 30.9 Å². The number of fused-ring (bicyclic) bond motifs is 1. The van der Waals surface area contributed by atoms with E-state index in [1.54, 1.807) is 12.1 Å². The third-order valence-corrected chi connectivity index (χ3v) is 5.80. The quantitative estimate of drug-likeness (QED) is 0.209. The number of pyridine rings is 1. The average molecular weight is 559 g/mol. The molecule has 6 nitrogen and oxygen atoms in total. The fourth-order valence-electron chi connectivity index (χ4n) is 3.03. The van der Waals surface area contributed by atoms with Gasteiger partial charge in [-0.05, 0) is 79.7 Å². The number of hydrogen-bond acceptors (Lipinski definition) is 4. The fourth-order valence-corrected chi connectivity index (χ4v) is 3.32. The molecule has 12 heteroatoms. The molecule has 0 amide bonds. The molecule has 0 atom stereocenters. The van der Waals surface area contributed by atoms with Crippen molar-refractivity contribution in [3.05, 3.63) is 94.4 Å². The molecule has 0 saturated heterocycles. The topological polar surface area (TPSA) is 80.9 Å². The predicted molar refractivity (Wildman–Crippen MR) is 133 cm³/mol. The monoisotopic (exact) mass is 558 g/mol. The molecular weight excluding hydrogens is 540 g/mol. The molecule has 0 aliphatic carbocycles. The van der Waals surface area contributed by atoms with E-state index in [1.807, 2.05) is 66.9 Å². The van der Waals surface area contributed by atoms with Crippen LogP contribution in [0.5, 0.6) is 11.5 Å². The Morgan fingerprint density at radius 3 is 1.97 bits per heavy atom. The summed E-state index contributed by atoms with van der Waals surface area (Å²) >= 11 is 12.1. The fraction of sp³-hybridized carbons (Fsp3) is 0.125. The van der Waals surface area contributed by atoms with Crippen LogP contribution in [0.4, 0.5) is 18.9 Å². The van der Waals surface area contributed by atoms with Crippen LogP contribution in [0.2, 0.25) is 10.0 Å². The molecule has 0 aliphatic heterocycles. The van der Waals surface area contributed by atoms with E-state index >= 15 is 0 Å².